The number of nitrogens with one attached hydrogen (secondary N) is 1. The van der Waals surface area contributed by atoms with Gasteiger partial charge in [0.05, 0.1) is 34.2 Å². The molecule has 1 aromatic heterocycles. The smallest absolute Gasteiger partial charge is 0.0935 e. The van der Waals surface area contributed by atoms with Gasteiger partial charge in [0.1, 0.15) is 0 Å². The van der Waals surface area contributed by atoms with Gasteiger partial charge in [-0.1, -0.05) is 65.1 Å². The molecule has 3 aromatic rings. The molecule has 0 atom stereocenters. The number of benzene rings is 2. The Bertz CT molecular complexity index is 926. The summed E-state index contributed by atoms with van der Waals surface area (Å²) in [4.78, 5) is 0. The van der Waals surface area contributed by atoms with Crippen LogP contribution in [-0.2, 0) is 6.54 Å². The second-order valence-electron chi connectivity index (χ2n) is 5.84. The van der Waals surface area contributed by atoms with Crippen LogP contribution < -0.4 is 5.43 Å². The molecule has 0 aliphatic carbocycles. The third kappa shape index (κ3) is 4.21. The van der Waals surface area contributed by atoms with Crippen LogP contribution in [0.3, 0.4) is 0 Å². The molecule has 0 amide bonds. The number of hydrazone groups is 1. The summed E-state index contributed by atoms with van der Waals surface area (Å²) in [7, 11) is 0. The van der Waals surface area contributed by atoms with Gasteiger partial charge in [-0.3, -0.25) is 10.1 Å². The van der Waals surface area contributed by atoms with E-state index in [4.69, 9.17) is 34.8 Å². The van der Waals surface area contributed by atoms with Gasteiger partial charge in [-0.2, -0.15) is 10.2 Å². The Hall–Kier alpha value is -2.01. The van der Waals surface area contributed by atoms with Gasteiger partial charge in [0.15, 0.2) is 0 Å². The number of anilines is 1. The summed E-state index contributed by atoms with van der Waals surface area (Å²) in [5.41, 5.74) is 7.48. The predicted molar refractivity (Wildman–Crippen MR) is 110 cm³/mol. The zero-order valence-corrected chi connectivity index (χ0v) is 16.6. The highest BCUT2D eigenvalue weighted by Crippen LogP contribution is 2.33. The largest absolute Gasteiger partial charge is 0.275 e. The zero-order valence-electron chi connectivity index (χ0n) is 14.3. The first-order valence-electron chi connectivity index (χ1n) is 7.97. The molecule has 134 valence electrons. The van der Waals surface area contributed by atoms with Gasteiger partial charge in [-0.15, -0.1) is 0 Å². The SMILES string of the molecule is Cc1nn(Cc2ccccc2)c(C)c1C=NNc1c(Cl)cc(Cl)cc1Cl. The van der Waals surface area contributed by atoms with E-state index in [0.717, 1.165) is 17.0 Å². The average Bonchev–Trinajstić information content (AvgIpc) is 2.85. The van der Waals surface area contributed by atoms with Crippen LogP contribution in [0.5, 0.6) is 0 Å². The molecule has 4 nitrogen and oxygen atoms in total. The predicted octanol–water partition coefficient (Wildman–Crippen LogP) is 5.95. The lowest BCUT2D eigenvalue weighted by Gasteiger charge is -2.06. The molecule has 0 aliphatic heterocycles. The van der Waals surface area contributed by atoms with Gasteiger partial charge in [-0.05, 0) is 31.5 Å². The minimum atomic E-state index is 0.410. The Kier molecular flexibility index (Phi) is 5.87. The minimum absolute atomic E-state index is 0.410. The van der Waals surface area contributed by atoms with E-state index in [9.17, 15) is 0 Å². The van der Waals surface area contributed by atoms with Gasteiger partial charge < -0.3 is 0 Å². The molecule has 1 heterocycles. The molecule has 0 saturated heterocycles. The van der Waals surface area contributed by atoms with E-state index in [2.05, 4.69) is 27.8 Å². The van der Waals surface area contributed by atoms with Crippen LogP contribution >= 0.6 is 34.8 Å². The summed E-state index contributed by atoms with van der Waals surface area (Å²) in [5.74, 6) is 0. The van der Waals surface area contributed by atoms with E-state index in [1.165, 1.54) is 5.56 Å². The summed E-state index contributed by atoms with van der Waals surface area (Å²) in [5, 5.41) is 10.2. The van der Waals surface area contributed by atoms with Crippen LogP contribution in [-0.4, -0.2) is 16.0 Å². The first-order chi connectivity index (χ1) is 12.5. The number of nitrogens with zero attached hydrogens (tertiary/aromatic N) is 3. The van der Waals surface area contributed by atoms with Gasteiger partial charge in [0.25, 0.3) is 0 Å². The quantitative estimate of drug-likeness (QED) is 0.419. The lowest BCUT2D eigenvalue weighted by molar-refractivity contribution is 0.659. The molecular formula is C19H17Cl3N4. The van der Waals surface area contributed by atoms with Crippen LogP contribution in [0.1, 0.15) is 22.5 Å². The highest BCUT2D eigenvalue weighted by Gasteiger charge is 2.11. The van der Waals surface area contributed by atoms with Crippen molar-refractivity contribution < 1.29 is 0 Å². The highest BCUT2D eigenvalue weighted by atomic mass is 35.5. The third-order valence-corrected chi connectivity index (χ3v) is 4.80. The number of halogens is 3. The van der Waals surface area contributed by atoms with E-state index in [1.807, 2.05) is 36.7 Å². The molecule has 0 fully saturated rings. The van der Waals surface area contributed by atoms with Gasteiger partial charge in [0, 0.05) is 16.3 Å². The lowest BCUT2D eigenvalue weighted by atomic mass is 10.2. The molecule has 2 aromatic carbocycles. The van der Waals surface area contributed by atoms with Gasteiger partial charge >= 0.3 is 0 Å². The Labute approximate surface area is 167 Å². The first kappa shape index (κ1) is 18.8. The molecule has 0 saturated carbocycles. The summed E-state index contributed by atoms with van der Waals surface area (Å²) < 4.78 is 1.97. The average molecular weight is 408 g/mol. The Morgan fingerprint density at radius 1 is 1.08 bits per heavy atom. The van der Waals surface area contributed by atoms with E-state index >= 15 is 0 Å². The molecule has 0 radical (unpaired) electrons. The summed E-state index contributed by atoms with van der Waals surface area (Å²) in [6, 6.07) is 13.4. The number of rotatable bonds is 5. The lowest BCUT2D eigenvalue weighted by Crippen LogP contribution is -2.04. The standard InChI is InChI=1S/C19H17Cl3N4/c1-12-16(10-23-24-19-17(21)8-15(20)9-18(19)22)13(2)26(25-12)11-14-6-4-3-5-7-14/h3-10,24H,11H2,1-2H3. The van der Waals surface area contributed by atoms with Crippen molar-refractivity contribution in [2.24, 2.45) is 5.10 Å². The monoisotopic (exact) mass is 406 g/mol. The van der Waals surface area contributed by atoms with E-state index in [0.29, 0.717) is 27.3 Å². The van der Waals surface area contributed by atoms with Gasteiger partial charge in [0.2, 0.25) is 0 Å². The van der Waals surface area contributed by atoms with Crippen molar-refractivity contribution in [3.05, 3.63) is 80.0 Å². The third-order valence-electron chi connectivity index (χ3n) is 3.99. The molecule has 0 spiro atoms. The van der Waals surface area contributed by atoms with Crippen molar-refractivity contribution in [3.8, 4) is 0 Å². The van der Waals surface area contributed by atoms with Crippen LogP contribution in [0.25, 0.3) is 0 Å². The van der Waals surface area contributed by atoms with Crippen molar-refractivity contribution >= 4 is 46.7 Å². The van der Waals surface area contributed by atoms with Crippen LogP contribution in [0.2, 0.25) is 15.1 Å². The van der Waals surface area contributed by atoms with Crippen LogP contribution in [0, 0.1) is 13.8 Å². The summed E-state index contributed by atoms with van der Waals surface area (Å²) in [6.45, 7) is 4.69. The highest BCUT2D eigenvalue weighted by molar-refractivity contribution is 6.41. The number of aromatic nitrogens is 2. The fraction of sp³-hybridized carbons (Fsp3) is 0.158. The van der Waals surface area contributed by atoms with E-state index < -0.39 is 0 Å². The van der Waals surface area contributed by atoms with Gasteiger partial charge in [-0.25, -0.2) is 0 Å². The Balaban J connectivity index is 1.79. The maximum atomic E-state index is 6.15. The Morgan fingerprint density at radius 2 is 1.73 bits per heavy atom. The topological polar surface area (TPSA) is 42.2 Å². The fourth-order valence-corrected chi connectivity index (χ4v) is 3.52. The summed E-state index contributed by atoms with van der Waals surface area (Å²) in [6.07, 6.45) is 1.72. The molecular weight excluding hydrogens is 391 g/mol. The molecule has 0 aliphatic rings. The molecule has 1 N–H and O–H groups in total. The second-order valence-corrected chi connectivity index (χ2v) is 7.09. The maximum Gasteiger partial charge on any atom is 0.0935 e. The molecule has 0 bridgehead atoms. The number of hydrogen-bond donors (Lipinski definition) is 1. The number of aryl methyl sites for hydroxylation is 1. The summed E-state index contributed by atoms with van der Waals surface area (Å²) >= 11 is 18.2. The fourth-order valence-electron chi connectivity index (χ4n) is 2.62. The first-order valence-corrected chi connectivity index (χ1v) is 9.10. The van der Waals surface area contributed by atoms with Crippen LogP contribution in [0.4, 0.5) is 5.69 Å². The zero-order chi connectivity index (χ0) is 18.7. The second kappa shape index (κ2) is 8.12. The normalized spacial score (nSPS) is 11.3. The van der Waals surface area contributed by atoms with Crippen molar-refractivity contribution in [2.45, 2.75) is 20.4 Å². The van der Waals surface area contributed by atoms with Crippen molar-refractivity contribution in [1.29, 1.82) is 0 Å². The number of hydrogen-bond acceptors (Lipinski definition) is 3. The minimum Gasteiger partial charge on any atom is -0.275 e. The molecule has 26 heavy (non-hydrogen) atoms. The van der Waals surface area contributed by atoms with E-state index in [-0.39, 0.29) is 0 Å². The molecule has 0 unspecified atom stereocenters. The Morgan fingerprint density at radius 3 is 2.38 bits per heavy atom. The van der Waals surface area contributed by atoms with E-state index in [1.54, 1.807) is 18.3 Å². The van der Waals surface area contributed by atoms with Crippen molar-refractivity contribution in [2.75, 3.05) is 5.43 Å². The van der Waals surface area contributed by atoms with Crippen LogP contribution in [0.15, 0.2) is 47.6 Å². The molecule has 7 heteroatoms. The van der Waals surface area contributed by atoms with Crippen molar-refractivity contribution in [3.63, 3.8) is 0 Å². The van der Waals surface area contributed by atoms with Crippen molar-refractivity contribution in [1.82, 2.24) is 9.78 Å². The molecule has 3 rings (SSSR count). The maximum absolute atomic E-state index is 6.15.